The molecule has 154 valence electrons. The number of nitrogens with one attached hydrogen (secondary N) is 1. The van der Waals surface area contributed by atoms with E-state index in [-0.39, 0.29) is 28.7 Å². The maximum absolute atomic E-state index is 5.81. The largest absolute Gasteiger partial charge is 0.497 e. The summed E-state index contributed by atoms with van der Waals surface area (Å²) >= 11 is 1.92. The molecule has 27 heavy (non-hydrogen) atoms. The lowest BCUT2D eigenvalue weighted by atomic mass is 9.99. The van der Waals surface area contributed by atoms with Crippen molar-refractivity contribution in [1.82, 2.24) is 10.2 Å². The van der Waals surface area contributed by atoms with E-state index >= 15 is 0 Å². The highest BCUT2D eigenvalue weighted by Gasteiger charge is 2.32. The molecule has 0 saturated carbocycles. The molecule has 0 aliphatic carbocycles. The molecule has 1 aliphatic rings. The fraction of sp³-hybridized carbons (Fsp3) is 0.632. The molecule has 1 aromatic rings. The Labute approximate surface area is 184 Å². The minimum atomic E-state index is 0. The molecule has 1 saturated heterocycles. The first-order valence-electron chi connectivity index (χ1n) is 8.94. The number of rotatable bonds is 8. The number of hydrogen-bond donors (Lipinski definition) is 1. The number of ether oxygens (including phenoxy) is 3. The van der Waals surface area contributed by atoms with Crippen LogP contribution in [0.25, 0.3) is 0 Å². The third-order valence-corrected chi connectivity index (χ3v) is 6.15. The summed E-state index contributed by atoms with van der Waals surface area (Å²) in [6.07, 6.45) is 4.33. The molecule has 0 aromatic heterocycles. The monoisotopic (exact) mass is 509 g/mol. The van der Waals surface area contributed by atoms with Crippen molar-refractivity contribution >= 4 is 41.7 Å². The molecule has 1 fully saturated rings. The quantitative estimate of drug-likeness (QED) is 0.330. The van der Waals surface area contributed by atoms with Gasteiger partial charge in [0.05, 0.1) is 13.7 Å². The van der Waals surface area contributed by atoms with Gasteiger partial charge >= 0.3 is 0 Å². The second-order valence-electron chi connectivity index (χ2n) is 6.35. The number of halogens is 1. The number of guanidine groups is 1. The Hall–Kier alpha value is -0.870. The zero-order valence-corrected chi connectivity index (χ0v) is 19.8. The highest BCUT2D eigenvalue weighted by Crippen LogP contribution is 2.33. The van der Waals surface area contributed by atoms with Crippen LogP contribution < -0.4 is 14.8 Å². The standard InChI is InChI=1S/C19H31N3O3S.HI/c1-20-18(21-15-19(26-4)9-12-24-13-10-19)22(2)11-14-25-17-7-5-16(23-3)6-8-17;/h5-8H,9-15H2,1-4H3,(H,20,21);1H. The molecule has 2 rings (SSSR count). The van der Waals surface area contributed by atoms with Gasteiger partial charge in [0, 0.05) is 38.6 Å². The van der Waals surface area contributed by atoms with E-state index in [1.54, 1.807) is 7.11 Å². The van der Waals surface area contributed by atoms with Crippen LogP contribution in [0.5, 0.6) is 11.5 Å². The molecule has 1 aromatic carbocycles. The van der Waals surface area contributed by atoms with Gasteiger partial charge in [0.2, 0.25) is 0 Å². The topological polar surface area (TPSA) is 55.3 Å². The minimum Gasteiger partial charge on any atom is -0.497 e. The molecule has 0 amide bonds. The van der Waals surface area contributed by atoms with Crippen LogP contribution in [-0.2, 0) is 4.74 Å². The second-order valence-corrected chi connectivity index (χ2v) is 7.62. The SMILES string of the molecule is CN=C(NCC1(SC)CCOCC1)N(C)CCOc1ccc(OC)cc1.I. The lowest BCUT2D eigenvalue weighted by Gasteiger charge is -2.36. The zero-order chi connectivity index (χ0) is 18.8. The molecule has 8 heteroatoms. The van der Waals surface area contributed by atoms with Crippen LogP contribution in [-0.4, -0.2) is 76.0 Å². The van der Waals surface area contributed by atoms with Crippen LogP contribution >= 0.6 is 35.7 Å². The number of benzene rings is 1. The van der Waals surface area contributed by atoms with Crippen LogP contribution in [0.15, 0.2) is 29.3 Å². The lowest BCUT2D eigenvalue weighted by Crippen LogP contribution is -2.48. The lowest BCUT2D eigenvalue weighted by molar-refractivity contribution is 0.0781. The van der Waals surface area contributed by atoms with Crippen molar-refractivity contribution in [3.05, 3.63) is 24.3 Å². The molecular weight excluding hydrogens is 477 g/mol. The molecular formula is C19H32IN3O3S. The third-order valence-electron chi connectivity index (χ3n) is 4.73. The summed E-state index contributed by atoms with van der Waals surface area (Å²) in [6.45, 7) is 3.92. The van der Waals surface area contributed by atoms with Gasteiger partial charge in [0.1, 0.15) is 18.1 Å². The number of nitrogens with zero attached hydrogens (tertiary/aromatic N) is 2. The van der Waals surface area contributed by atoms with Crippen molar-refractivity contribution in [1.29, 1.82) is 0 Å². The molecule has 1 N–H and O–H groups in total. The zero-order valence-electron chi connectivity index (χ0n) is 16.7. The third kappa shape index (κ3) is 7.57. The predicted molar refractivity (Wildman–Crippen MR) is 124 cm³/mol. The summed E-state index contributed by atoms with van der Waals surface area (Å²) in [6, 6.07) is 7.63. The summed E-state index contributed by atoms with van der Waals surface area (Å²) < 4.78 is 16.7. The average molecular weight is 509 g/mol. The predicted octanol–water partition coefficient (Wildman–Crippen LogP) is 3.11. The highest BCUT2D eigenvalue weighted by atomic mass is 127. The maximum atomic E-state index is 5.81. The van der Waals surface area contributed by atoms with E-state index in [2.05, 4.69) is 21.5 Å². The number of aliphatic imine (C=N–C) groups is 1. The first-order valence-corrected chi connectivity index (χ1v) is 10.2. The minimum absolute atomic E-state index is 0. The van der Waals surface area contributed by atoms with Gasteiger partial charge < -0.3 is 24.4 Å². The van der Waals surface area contributed by atoms with Gasteiger partial charge in [0.25, 0.3) is 0 Å². The van der Waals surface area contributed by atoms with E-state index in [0.29, 0.717) is 6.61 Å². The van der Waals surface area contributed by atoms with Crippen LogP contribution in [0.2, 0.25) is 0 Å². The first-order chi connectivity index (χ1) is 12.6. The number of methoxy groups -OCH3 is 1. The summed E-state index contributed by atoms with van der Waals surface area (Å²) in [5, 5.41) is 3.52. The van der Waals surface area contributed by atoms with Gasteiger partial charge in [-0.3, -0.25) is 4.99 Å². The van der Waals surface area contributed by atoms with Crippen molar-refractivity contribution in [2.24, 2.45) is 4.99 Å². The Balaban J connectivity index is 0.00000364. The molecule has 1 heterocycles. The van der Waals surface area contributed by atoms with E-state index in [0.717, 1.165) is 56.6 Å². The normalized spacial score (nSPS) is 16.2. The summed E-state index contributed by atoms with van der Waals surface area (Å²) in [5.41, 5.74) is 0. The molecule has 0 atom stereocenters. The van der Waals surface area contributed by atoms with Crippen LogP contribution in [0, 0.1) is 0 Å². The van der Waals surface area contributed by atoms with E-state index in [4.69, 9.17) is 14.2 Å². The van der Waals surface area contributed by atoms with Crippen molar-refractivity contribution in [3.8, 4) is 11.5 Å². The molecule has 0 bridgehead atoms. The van der Waals surface area contributed by atoms with Gasteiger partial charge in [-0.2, -0.15) is 11.8 Å². The Bertz CT molecular complexity index is 566. The molecule has 0 spiro atoms. The average Bonchev–Trinajstić information content (AvgIpc) is 2.69. The van der Waals surface area contributed by atoms with Gasteiger partial charge in [-0.05, 0) is 43.4 Å². The fourth-order valence-corrected chi connectivity index (χ4v) is 3.69. The van der Waals surface area contributed by atoms with Gasteiger partial charge in [-0.1, -0.05) is 0 Å². The maximum Gasteiger partial charge on any atom is 0.193 e. The fourth-order valence-electron chi connectivity index (χ4n) is 2.90. The van der Waals surface area contributed by atoms with Crippen molar-refractivity contribution in [2.75, 3.05) is 60.4 Å². The first kappa shape index (κ1) is 24.2. The molecule has 1 aliphatic heterocycles. The molecule has 0 radical (unpaired) electrons. The van der Waals surface area contributed by atoms with E-state index in [1.165, 1.54) is 0 Å². The number of likely N-dealkylation sites (N-methyl/N-ethyl adjacent to an activating group) is 1. The van der Waals surface area contributed by atoms with Crippen LogP contribution in [0.1, 0.15) is 12.8 Å². The van der Waals surface area contributed by atoms with Crippen molar-refractivity contribution in [3.63, 3.8) is 0 Å². The van der Waals surface area contributed by atoms with E-state index < -0.39 is 0 Å². The van der Waals surface area contributed by atoms with Crippen molar-refractivity contribution in [2.45, 2.75) is 17.6 Å². The van der Waals surface area contributed by atoms with Gasteiger partial charge in [-0.15, -0.1) is 24.0 Å². The van der Waals surface area contributed by atoms with Crippen molar-refractivity contribution < 1.29 is 14.2 Å². The summed E-state index contributed by atoms with van der Waals surface area (Å²) in [4.78, 5) is 6.50. The van der Waals surface area contributed by atoms with E-state index in [9.17, 15) is 0 Å². The van der Waals surface area contributed by atoms with E-state index in [1.807, 2.05) is 50.1 Å². The molecule has 6 nitrogen and oxygen atoms in total. The summed E-state index contributed by atoms with van der Waals surface area (Å²) in [5.74, 6) is 2.56. The molecule has 0 unspecified atom stereocenters. The van der Waals surface area contributed by atoms with Gasteiger partial charge in [-0.25, -0.2) is 0 Å². The number of hydrogen-bond acceptors (Lipinski definition) is 5. The number of thioether (sulfide) groups is 1. The Morgan fingerprint density at radius 2 is 1.89 bits per heavy atom. The smallest absolute Gasteiger partial charge is 0.193 e. The van der Waals surface area contributed by atoms with Crippen LogP contribution in [0.3, 0.4) is 0 Å². The Morgan fingerprint density at radius 1 is 1.26 bits per heavy atom. The Morgan fingerprint density at radius 3 is 2.44 bits per heavy atom. The van der Waals surface area contributed by atoms with Gasteiger partial charge in [0.15, 0.2) is 5.96 Å². The second kappa shape index (κ2) is 12.6. The highest BCUT2D eigenvalue weighted by molar-refractivity contribution is 14.0. The van der Waals surface area contributed by atoms with Crippen LogP contribution in [0.4, 0.5) is 0 Å². The Kier molecular flexibility index (Phi) is 11.2. The summed E-state index contributed by atoms with van der Waals surface area (Å²) in [7, 11) is 5.51.